The van der Waals surface area contributed by atoms with E-state index >= 15 is 0 Å². The van der Waals surface area contributed by atoms with Gasteiger partial charge in [0, 0.05) is 0 Å². The molecule has 0 radical (unpaired) electrons. The molecule has 2 heterocycles. The quantitative estimate of drug-likeness (QED) is 0.632. The molecule has 5 nitrogen and oxygen atoms in total. The number of rotatable bonds is 0. The van der Waals surface area contributed by atoms with Gasteiger partial charge in [-0.05, 0) is 51.4 Å². The van der Waals surface area contributed by atoms with Gasteiger partial charge >= 0.3 is 0 Å². The van der Waals surface area contributed by atoms with E-state index in [1.54, 1.807) is 0 Å². The second-order valence-corrected chi connectivity index (χ2v) is 6.28. The van der Waals surface area contributed by atoms with Crippen molar-refractivity contribution < 1.29 is 14.7 Å². The van der Waals surface area contributed by atoms with E-state index in [4.69, 9.17) is 4.84 Å². The van der Waals surface area contributed by atoms with Gasteiger partial charge in [-0.2, -0.15) is 0 Å². The molecule has 2 saturated carbocycles. The maximum Gasteiger partial charge on any atom is 0.258 e. The first kappa shape index (κ1) is 11.2. The molecule has 100 valence electrons. The largest absolute Gasteiger partial charge is 0.376 e. The highest BCUT2D eigenvalue weighted by Gasteiger charge is 2.80. The van der Waals surface area contributed by atoms with Crippen LogP contribution in [-0.2, 0) is 9.63 Å². The molecule has 5 heteroatoms. The Balaban J connectivity index is 1.72. The molecule has 2 saturated heterocycles. The van der Waals surface area contributed by atoms with Crippen LogP contribution in [0, 0.1) is 0 Å². The molecule has 2 spiro atoms. The maximum atomic E-state index is 12.4. The zero-order chi connectivity index (χ0) is 12.4. The van der Waals surface area contributed by atoms with Crippen molar-refractivity contribution in [2.24, 2.45) is 0 Å². The molecular weight excluding hydrogens is 232 g/mol. The van der Waals surface area contributed by atoms with E-state index < -0.39 is 11.3 Å². The molecule has 3 atom stereocenters. The molecule has 18 heavy (non-hydrogen) atoms. The van der Waals surface area contributed by atoms with Crippen molar-refractivity contribution in [2.45, 2.75) is 74.8 Å². The number of fused-ring (bicyclic) bond motifs is 1. The van der Waals surface area contributed by atoms with Crippen molar-refractivity contribution in [1.29, 1.82) is 0 Å². The smallest absolute Gasteiger partial charge is 0.258 e. The zero-order valence-electron chi connectivity index (χ0n) is 10.6. The Kier molecular flexibility index (Phi) is 2.03. The SMILES string of the molecule is O=C1NC2(CCCCC2)N2OC23CCCCC13O. The van der Waals surface area contributed by atoms with Gasteiger partial charge in [-0.3, -0.25) is 9.63 Å². The normalized spacial score (nSPS) is 49.2. The van der Waals surface area contributed by atoms with Crippen molar-refractivity contribution in [2.75, 3.05) is 0 Å². The average molecular weight is 252 g/mol. The Labute approximate surface area is 106 Å². The number of hydroxylamine groups is 2. The zero-order valence-corrected chi connectivity index (χ0v) is 10.6. The highest BCUT2D eigenvalue weighted by Crippen LogP contribution is 2.60. The van der Waals surface area contributed by atoms with Crippen molar-refractivity contribution in [3.8, 4) is 0 Å². The minimum Gasteiger partial charge on any atom is -0.376 e. The monoisotopic (exact) mass is 252 g/mol. The molecular formula is C13H20N2O3. The number of hydrogen-bond acceptors (Lipinski definition) is 4. The molecule has 0 aromatic heterocycles. The Hall–Kier alpha value is -0.650. The van der Waals surface area contributed by atoms with Gasteiger partial charge in [0.2, 0.25) is 5.72 Å². The van der Waals surface area contributed by atoms with Crippen LogP contribution in [0.2, 0.25) is 0 Å². The Morgan fingerprint density at radius 1 is 1.06 bits per heavy atom. The van der Waals surface area contributed by atoms with Gasteiger partial charge in [0.05, 0.1) is 0 Å². The van der Waals surface area contributed by atoms with Crippen LogP contribution in [0.25, 0.3) is 0 Å². The van der Waals surface area contributed by atoms with Crippen LogP contribution in [0.5, 0.6) is 0 Å². The molecule has 4 rings (SSSR count). The third-order valence-electron chi connectivity index (χ3n) is 5.28. The van der Waals surface area contributed by atoms with Gasteiger partial charge in [0.15, 0.2) is 5.60 Å². The minimum atomic E-state index is -1.33. The molecule has 2 N–H and O–H groups in total. The molecule has 1 amide bonds. The van der Waals surface area contributed by atoms with Gasteiger partial charge < -0.3 is 10.4 Å². The average Bonchev–Trinajstić information content (AvgIpc) is 3.11. The Morgan fingerprint density at radius 2 is 1.72 bits per heavy atom. The van der Waals surface area contributed by atoms with Crippen molar-refractivity contribution in [3.05, 3.63) is 0 Å². The first-order valence-corrected chi connectivity index (χ1v) is 7.18. The highest BCUT2D eigenvalue weighted by atomic mass is 16.9. The van der Waals surface area contributed by atoms with Gasteiger partial charge in [0.1, 0.15) is 5.66 Å². The Morgan fingerprint density at radius 3 is 2.50 bits per heavy atom. The lowest BCUT2D eigenvalue weighted by atomic mass is 9.73. The lowest BCUT2D eigenvalue weighted by Crippen LogP contribution is -2.73. The van der Waals surface area contributed by atoms with E-state index in [9.17, 15) is 9.90 Å². The summed E-state index contributed by atoms with van der Waals surface area (Å²) in [5.41, 5.74) is -2.36. The van der Waals surface area contributed by atoms with E-state index in [0.717, 1.165) is 44.9 Å². The summed E-state index contributed by atoms with van der Waals surface area (Å²) >= 11 is 0. The second kappa shape index (κ2) is 3.26. The summed E-state index contributed by atoms with van der Waals surface area (Å²) in [6, 6.07) is 0. The topological polar surface area (TPSA) is 64.9 Å². The molecule has 4 aliphatic rings. The second-order valence-electron chi connectivity index (χ2n) is 6.28. The predicted octanol–water partition coefficient (Wildman–Crippen LogP) is 1.03. The molecule has 0 aromatic carbocycles. The Bertz CT molecular complexity index is 407. The number of carbonyl (C=O) groups excluding carboxylic acids is 1. The maximum absolute atomic E-state index is 12.4. The lowest BCUT2D eigenvalue weighted by Gasteiger charge is -2.48. The van der Waals surface area contributed by atoms with Crippen LogP contribution in [0.1, 0.15) is 57.8 Å². The molecule has 0 aromatic rings. The molecule has 3 unspecified atom stereocenters. The fourth-order valence-electron chi connectivity index (χ4n) is 4.22. The number of nitrogens with zero attached hydrogens (tertiary/aromatic N) is 1. The number of aliphatic hydroxyl groups is 1. The van der Waals surface area contributed by atoms with Crippen LogP contribution in [-0.4, -0.2) is 33.1 Å². The summed E-state index contributed by atoms with van der Waals surface area (Å²) in [6.45, 7) is 0. The van der Waals surface area contributed by atoms with E-state index in [-0.39, 0.29) is 11.6 Å². The van der Waals surface area contributed by atoms with Gasteiger partial charge in [-0.1, -0.05) is 6.42 Å². The predicted molar refractivity (Wildman–Crippen MR) is 63.0 cm³/mol. The third kappa shape index (κ3) is 1.11. The van der Waals surface area contributed by atoms with Gasteiger partial charge in [-0.25, -0.2) is 0 Å². The van der Waals surface area contributed by atoms with E-state index in [2.05, 4.69) is 5.32 Å². The van der Waals surface area contributed by atoms with E-state index in [0.29, 0.717) is 6.42 Å². The summed E-state index contributed by atoms with van der Waals surface area (Å²) in [4.78, 5) is 18.2. The lowest BCUT2D eigenvalue weighted by molar-refractivity contribution is -0.166. The first-order valence-electron chi connectivity index (χ1n) is 7.18. The first-order chi connectivity index (χ1) is 8.63. The van der Waals surface area contributed by atoms with Crippen LogP contribution in [0.4, 0.5) is 0 Å². The van der Waals surface area contributed by atoms with Crippen LogP contribution >= 0.6 is 0 Å². The van der Waals surface area contributed by atoms with Crippen LogP contribution < -0.4 is 5.32 Å². The summed E-state index contributed by atoms with van der Waals surface area (Å²) in [5, 5.41) is 15.7. The summed E-state index contributed by atoms with van der Waals surface area (Å²) < 4.78 is 0. The number of amides is 1. The fourth-order valence-corrected chi connectivity index (χ4v) is 4.22. The van der Waals surface area contributed by atoms with Gasteiger partial charge in [-0.15, -0.1) is 5.06 Å². The number of nitrogens with one attached hydrogen (secondary N) is 1. The summed E-state index contributed by atoms with van der Waals surface area (Å²) in [6.07, 6.45) is 8.57. The third-order valence-corrected chi connectivity index (χ3v) is 5.28. The molecule has 2 aliphatic heterocycles. The van der Waals surface area contributed by atoms with Crippen LogP contribution in [0.3, 0.4) is 0 Å². The summed E-state index contributed by atoms with van der Waals surface area (Å²) in [5.74, 6) is -0.210. The van der Waals surface area contributed by atoms with Gasteiger partial charge in [0.25, 0.3) is 5.91 Å². The number of carbonyl (C=O) groups is 1. The molecule has 4 fully saturated rings. The summed E-state index contributed by atoms with van der Waals surface area (Å²) in [7, 11) is 0. The fraction of sp³-hybridized carbons (Fsp3) is 0.923. The van der Waals surface area contributed by atoms with E-state index in [1.165, 1.54) is 6.42 Å². The minimum absolute atomic E-state index is 0.210. The van der Waals surface area contributed by atoms with Crippen LogP contribution in [0.15, 0.2) is 0 Å². The van der Waals surface area contributed by atoms with Crippen molar-refractivity contribution >= 4 is 5.91 Å². The highest BCUT2D eigenvalue weighted by molar-refractivity contribution is 5.89. The van der Waals surface area contributed by atoms with Crippen molar-refractivity contribution in [3.63, 3.8) is 0 Å². The van der Waals surface area contributed by atoms with Crippen molar-refractivity contribution in [1.82, 2.24) is 10.4 Å². The van der Waals surface area contributed by atoms with E-state index in [1.807, 2.05) is 5.06 Å². The number of hydrogen-bond donors (Lipinski definition) is 2. The standard InChI is InChI=1S/C13H20N2O3/c16-10-12(17)8-4-5-9-13(12)15(18-13)11(14-10)6-2-1-3-7-11/h17H,1-9H2,(H,14,16). The molecule has 0 bridgehead atoms. The molecule has 2 aliphatic carbocycles.